The number of hydrogen-bond donors (Lipinski definition) is 2. The van der Waals surface area contributed by atoms with Gasteiger partial charge in [-0.25, -0.2) is 13.4 Å². The summed E-state index contributed by atoms with van der Waals surface area (Å²) < 4.78 is 33.4. The number of methoxy groups -OCH3 is 1. The molecule has 0 spiro atoms. The van der Waals surface area contributed by atoms with Crippen LogP contribution in [-0.4, -0.2) is 38.6 Å². The third-order valence-electron chi connectivity index (χ3n) is 5.06. The van der Waals surface area contributed by atoms with Gasteiger partial charge in [0.25, 0.3) is 10.0 Å². The van der Waals surface area contributed by atoms with E-state index >= 15 is 0 Å². The van der Waals surface area contributed by atoms with Crippen LogP contribution in [0.5, 0.6) is 5.75 Å². The highest BCUT2D eigenvalue weighted by atomic mass is 35.5. The van der Waals surface area contributed by atoms with E-state index in [4.69, 9.17) is 16.3 Å². The molecule has 2 aromatic carbocycles. The highest BCUT2D eigenvalue weighted by Gasteiger charge is 2.20. The van der Waals surface area contributed by atoms with Gasteiger partial charge in [-0.05, 0) is 62.2 Å². The van der Waals surface area contributed by atoms with Gasteiger partial charge < -0.3 is 15.0 Å². The quantitative estimate of drug-likeness (QED) is 0.518. The molecule has 32 heavy (non-hydrogen) atoms. The van der Waals surface area contributed by atoms with Crippen LogP contribution in [0.4, 0.5) is 23.1 Å². The van der Waals surface area contributed by atoms with Crippen molar-refractivity contribution in [2.24, 2.45) is 0 Å². The molecule has 0 saturated carbocycles. The van der Waals surface area contributed by atoms with Crippen LogP contribution in [0.25, 0.3) is 0 Å². The van der Waals surface area contributed by atoms with Crippen molar-refractivity contribution < 1.29 is 13.2 Å². The maximum absolute atomic E-state index is 12.8. The first kappa shape index (κ1) is 22.2. The molecule has 1 aliphatic heterocycles. The third kappa shape index (κ3) is 5.05. The molecule has 0 aliphatic carbocycles. The van der Waals surface area contributed by atoms with Gasteiger partial charge in [0, 0.05) is 41.2 Å². The summed E-state index contributed by atoms with van der Waals surface area (Å²) in [7, 11) is -2.47. The average Bonchev–Trinajstić information content (AvgIpc) is 3.30. The topological polar surface area (TPSA) is 96.5 Å². The Labute approximate surface area is 192 Å². The van der Waals surface area contributed by atoms with E-state index in [1.54, 1.807) is 30.3 Å². The van der Waals surface area contributed by atoms with Crippen LogP contribution in [0.3, 0.4) is 0 Å². The van der Waals surface area contributed by atoms with E-state index in [9.17, 15) is 8.42 Å². The molecule has 10 heteroatoms. The average molecular weight is 474 g/mol. The first-order valence-corrected chi connectivity index (χ1v) is 12.0. The summed E-state index contributed by atoms with van der Waals surface area (Å²) in [4.78, 5) is 11.3. The normalized spacial score (nSPS) is 13.8. The maximum atomic E-state index is 12.8. The van der Waals surface area contributed by atoms with E-state index in [-0.39, 0.29) is 10.6 Å². The third-order valence-corrected chi connectivity index (χ3v) is 6.69. The number of nitrogens with one attached hydrogen (secondary N) is 2. The second-order valence-electron chi connectivity index (χ2n) is 7.49. The van der Waals surface area contributed by atoms with Crippen LogP contribution in [0.1, 0.15) is 18.5 Å². The monoisotopic (exact) mass is 473 g/mol. The van der Waals surface area contributed by atoms with Crippen molar-refractivity contribution in [2.75, 3.05) is 35.1 Å². The predicted molar refractivity (Wildman–Crippen MR) is 127 cm³/mol. The van der Waals surface area contributed by atoms with Gasteiger partial charge in [0.05, 0.1) is 7.11 Å². The van der Waals surface area contributed by atoms with Crippen molar-refractivity contribution in [3.8, 4) is 5.75 Å². The van der Waals surface area contributed by atoms with Crippen molar-refractivity contribution in [2.45, 2.75) is 24.7 Å². The lowest BCUT2D eigenvalue weighted by atomic mass is 10.3. The maximum Gasteiger partial charge on any atom is 0.265 e. The van der Waals surface area contributed by atoms with E-state index in [0.717, 1.165) is 43.3 Å². The fourth-order valence-electron chi connectivity index (χ4n) is 3.52. The lowest BCUT2D eigenvalue weighted by molar-refractivity contribution is 0.403. The summed E-state index contributed by atoms with van der Waals surface area (Å²) in [5.74, 6) is 1.63. The van der Waals surface area contributed by atoms with Crippen LogP contribution >= 0.6 is 11.6 Å². The zero-order valence-corrected chi connectivity index (χ0v) is 19.4. The number of ether oxygens (including phenoxy) is 1. The summed E-state index contributed by atoms with van der Waals surface area (Å²) in [6.07, 6.45) is 2.30. The second kappa shape index (κ2) is 9.22. The zero-order chi connectivity index (χ0) is 22.7. The van der Waals surface area contributed by atoms with E-state index in [1.807, 2.05) is 13.0 Å². The van der Waals surface area contributed by atoms with Gasteiger partial charge in [0.15, 0.2) is 0 Å². The van der Waals surface area contributed by atoms with Crippen LogP contribution in [0.2, 0.25) is 5.02 Å². The van der Waals surface area contributed by atoms with Crippen LogP contribution in [0, 0.1) is 6.92 Å². The molecule has 1 aliphatic rings. The van der Waals surface area contributed by atoms with E-state index < -0.39 is 10.0 Å². The summed E-state index contributed by atoms with van der Waals surface area (Å²) in [5.41, 5.74) is 2.07. The van der Waals surface area contributed by atoms with Gasteiger partial charge in [-0.1, -0.05) is 11.6 Å². The number of rotatable bonds is 7. The Kier molecular flexibility index (Phi) is 6.38. The molecule has 1 fully saturated rings. The summed E-state index contributed by atoms with van der Waals surface area (Å²) >= 11 is 5.97. The Morgan fingerprint density at radius 1 is 1.00 bits per heavy atom. The van der Waals surface area contributed by atoms with Gasteiger partial charge in [-0.15, -0.1) is 0 Å². The number of sulfonamides is 1. The van der Waals surface area contributed by atoms with Crippen molar-refractivity contribution in [1.29, 1.82) is 0 Å². The fourth-order valence-corrected chi connectivity index (χ4v) is 5.01. The van der Waals surface area contributed by atoms with E-state index in [2.05, 4.69) is 24.9 Å². The first-order valence-electron chi connectivity index (χ1n) is 10.2. The Hall–Kier alpha value is -3.04. The number of aryl methyl sites for hydroxylation is 1. The smallest absolute Gasteiger partial charge is 0.265 e. The number of anilines is 4. The Balaban J connectivity index is 1.50. The highest BCUT2D eigenvalue weighted by Crippen LogP contribution is 2.29. The van der Waals surface area contributed by atoms with Crippen LogP contribution in [-0.2, 0) is 10.0 Å². The van der Waals surface area contributed by atoms with E-state index in [0.29, 0.717) is 16.5 Å². The van der Waals surface area contributed by atoms with Crippen molar-refractivity contribution >= 4 is 44.8 Å². The molecule has 0 unspecified atom stereocenters. The summed E-state index contributed by atoms with van der Waals surface area (Å²) in [6.45, 7) is 3.87. The zero-order valence-electron chi connectivity index (χ0n) is 17.8. The Morgan fingerprint density at radius 2 is 1.69 bits per heavy atom. The SMILES string of the molecule is COc1ccc(Cl)cc1S(=O)(=O)Nc1ccc(Nc2cc(C)nc(N3CCCC3)n2)cc1. The Bertz CT molecular complexity index is 1210. The minimum atomic E-state index is -3.88. The van der Waals surface area contributed by atoms with Gasteiger partial charge in [-0.2, -0.15) is 4.98 Å². The molecular formula is C22H24ClN5O3S. The van der Waals surface area contributed by atoms with Gasteiger partial charge >= 0.3 is 0 Å². The molecule has 2 heterocycles. The minimum absolute atomic E-state index is 0.0272. The molecule has 168 valence electrons. The first-order chi connectivity index (χ1) is 15.3. The van der Waals surface area contributed by atoms with Gasteiger partial charge in [0.2, 0.25) is 5.95 Å². The number of halogens is 1. The molecular weight excluding hydrogens is 450 g/mol. The standard InChI is InChI=1S/C22H24ClN5O3S/c1-15-13-21(26-22(24-15)28-11-3-4-12-28)25-17-6-8-18(9-7-17)27-32(29,30)20-14-16(23)5-10-19(20)31-2/h5-10,13-14,27H,3-4,11-12H2,1-2H3,(H,24,25,26). The van der Waals surface area contributed by atoms with Crippen LogP contribution in [0.15, 0.2) is 53.4 Å². The molecule has 1 saturated heterocycles. The molecule has 4 rings (SSSR count). The lowest BCUT2D eigenvalue weighted by Gasteiger charge is -2.17. The largest absolute Gasteiger partial charge is 0.495 e. The molecule has 2 N–H and O–H groups in total. The molecule has 0 atom stereocenters. The lowest BCUT2D eigenvalue weighted by Crippen LogP contribution is -2.21. The number of hydrogen-bond acceptors (Lipinski definition) is 7. The fraction of sp³-hybridized carbons (Fsp3) is 0.273. The molecule has 8 nitrogen and oxygen atoms in total. The van der Waals surface area contributed by atoms with Gasteiger partial charge in [0.1, 0.15) is 16.5 Å². The predicted octanol–water partition coefficient (Wildman–Crippen LogP) is 4.59. The highest BCUT2D eigenvalue weighted by molar-refractivity contribution is 7.92. The molecule has 1 aromatic heterocycles. The van der Waals surface area contributed by atoms with Crippen molar-refractivity contribution in [3.05, 3.63) is 59.2 Å². The summed E-state index contributed by atoms with van der Waals surface area (Å²) in [6, 6.07) is 13.2. The molecule has 0 amide bonds. The van der Waals surface area contributed by atoms with E-state index in [1.165, 1.54) is 19.2 Å². The Morgan fingerprint density at radius 3 is 2.38 bits per heavy atom. The van der Waals surface area contributed by atoms with Crippen molar-refractivity contribution in [1.82, 2.24) is 9.97 Å². The van der Waals surface area contributed by atoms with Crippen molar-refractivity contribution in [3.63, 3.8) is 0 Å². The second-order valence-corrected chi connectivity index (χ2v) is 9.58. The molecule has 0 radical (unpaired) electrons. The molecule has 3 aromatic rings. The van der Waals surface area contributed by atoms with Gasteiger partial charge in [-0.3, -0.25) is 4.72 Å². The van der Waals surface area contributed by atoms with Crippen LogP contribution < -0.4 is 19.7 Å². The number of benzene rings is 2. The number of nitrogens with zero attached hydrogens (tertiary/aromatic N) is 3. The molecule has 0 bridgehead atoms. The minimum Gasteiger partial charge on any atom is -0.495 e. The number of aromatic nitrogens is 2. The summed E-state index contributed by atoms with van der Waals surface area (Å²) in [5, 5.41) is 3.57.